The number of ether oxygens (including phenoxy) is 3. The molecule has 6 aliphatic rings. The van der Waals surface area contributed by atoms with Gasteiger partial charge in [-0.25, -0.2) is 4.79 Å². The van der Waals surface area contributed by atoms with Crippen LogP contribution in [0.1, 0.15) is 68.2 Å². The Bertz CT molecular complexity index is 1780. The number of carbonyl (C=O) groups excluding carboxylic acids is 5. The summed E-state index contributed by atoms with van der Waals surface area (Å²) in [6.45, 7) is 1.68. The number of esters is 2. The van der Waals surface area contributed by atoms with Crippen molar-refractivity contribution in [1.29, 1.82) is 0 Å². The minimum Gasteiger partial charge on any atom is -0.507 e. The highest BCUT2D eigenvalue weighted by atomic mass is 16.6. The van der Waals surface area contributed by atoms with Crippen LogP contribution in [0, 0.1) is 12.3 Å². The summed E-state index contributed by atoms with van der Waals surface area (Å²) in [5, 5.41) is 33.1. The van der Waals surface area contributed by atoms with Crippen molar-refractivity contribution < 1.29 is 53.5 Å². The van der Waals surface area contributed by atoms with Gasteiger partial charge >= 0.3 is 11.9 Å². The molecule has 2 aliphatic heterocycles. The third kappa shape index (κ3) is 3.07. The van der Waals surface area contributed by atoms with Crippen LogP contribution >= 0.6 is 0 Å². The fourth-order valence-corrected chi connectivity index (χ4v) is 7.21. The molecule has 11 heteroatoms. The van der Waals surface area contributed by atoms with Crippen LogP contribution in [0.4, 0.5) is 0 Å². The van der Waals surface area contributed by atoms with E-state index in [0.717, 1.165) is 7.11 Å². The molecule has 0 unspecified atom stereocenters. The topological polar surface area (TPSA) is 174 Å². The van der Waals surface area contributed by atoms with Crippen molar-refractivity contribution in [3.05, 3.63) is 69.3 Å². The number of fused-ring (bicyclic) bond motifs is 2. The molecule has 2 aromatic carbocycles. The average Bonchev–Trinajstić information content (AvgIpc) is 3.26. The van der Waals surface area contributed by atoms with Gasteiger partial charge in [0.05, 0.1) is 36.0 Å². The molecular formula is C31H24O11. The van der Waals surface area contributed by atoms with Gasteiger partial charge in [0, 0.05) is 17.5 Å². The molecule has 2 heterocycles. The number of Topliss-reactive ketones (excluding diaryl/α,β-unsaturated/α-hetero) is 3. The number of phenolic OH excluding ortho intramolecular Hbond substituents is 2. The van der Waals surface area contributed by atoms with Crippen LogP contribution in [-0.4, -0.2) is 63.4 Å². The summed E-state index contributed by atoms with van der Waals surface area (Å²) >= 11 is 0. The molecule has 1 spiro atoms. The Balaban J connectivity index is 1.47. The number of methoxy groups -OCH3 is 1. The number of ketones is 3. The zero-order valence-corrected chi connectivity index (χ0v) is 22.5. The molecule has 4 atom stereocenters. The van der Waals surface area contributed by atoms with Crippen LogP contribution in [0.25, 0.3) is 5.76 Å². The highest BCUT2D eigenvalue weighted by Crippen LogP contribution is 2.58. The number of phenols is 2. The second-order valence-corrected chi connectivity index (χ2v) is 11.4. The summed E-state index contributed by atoms with van der Waals surface area (Å²) in [5.41, 5.74) is -3.35. The van der Waals surface area contributed by atoms with Crippen LogP contribution < -0.4 is 4.74 Å². The fraction of sp³-hybridized carbons (Fsp3) is 0.323. The smallest absolute Gasteiger partial charge is 0.354 e. The Morgan fingerprint density at radius 3 is 2.45 bits per heavy atom. The zero-order chi connectivity index (χ0) is 29.9. The van der Waals surface area contributed by atoms with E-state index in [0.29, 0.717) is 5.56 Å². The van der Waals surface area contributed by atoms with Gasteiger partial charge in [0.15, 0.2) is 23.5 Å². The van der Waals surface area contributed by atoms with Crippen molar-refractivity contribution in [2.24, 2.45) is 5.41 Å². The molecule has 0 radical (unpaired) electrons. The van der Waals surface area contributed by atoms with E-state index in [1.807, 2.05) is 0 Å². The minimum absolute atomic E-state index is 0.0131. The van der Waals surface area contributed by atoms with Gasteiger partial charge in [-0.05, 0) is 49.1 Å². The molecule has 8 rings (SSSR count). The average molecular weight is 573 g/mol. The number of carbonyl (C=O) groups is 5. The second kappa shape index (κ2) is 8.31. The van der Waals surface area contributed by atoms with E-state index in [1.54, 1.807) is 6.92 Å². The maximum absolute atomic E-state index is 14.2. The van der Waals surface area contributed by atoms with Crippen molar-refractivity contribution in [3.8, 4) is 17.2 Å². The van der Waals surface area contributed by atoms with E-state index in [9.17, 15) is 39.3 Å². The van der Waals surface area contributed by atoms with E-state index in [4.69, 9.17) is 14.2 Å². The maximum Gasteiger partial charge on any atom is 0.354 e. The Morgan fingerprint density at radius 2 is 1.76 bits per heavy atom. The molecule has 42 heavy (non-hydrogen) atoms. The lowest BCUT2D eigenvalue weighted by molar-refractivity contribution is -0.175. The van der Waals surface area contributed by atoms with Gasteiger partial charge < -0.3 is 29.5 Å². The van der Waals surface area contributed by atoms with E-state index in [-0.39, 0.29) is 64.2 Å². The molecule has 4 aliphatic carbocycles. The van der Waals surface area contributed by atoms with Gasteiger partial charge in [-0.1, -0.05) is 12.2 Å². The first-order chi connectivity index (χ1) is 19.9. The summed E-state index contributed by atoms with van der Waals surface area (Å²) < 4.78 is 16.6. The summed E-state index contributed by atoms with van der Waals surface area (Å²) in [7, 11) is 1.10. The number of cyclic esters (lactones) is 1. The Morgan fingerprint density at radius 1 is 1.02 bits per heavy atom. The van der Waals surface area contributed by atoms with E-state index < -0.39 is 70.3 Å². The van der Waals surface area contributed by atoms with Gasteiger partial charge in [0.1, 0.15) is 28.6 Å². The number of aromatic hydroxyl groups is 2. The second-order valence-electron chi connectivity index (χ2n) is 11.4. The third-order valence-electron chi connectivity index (χ3n) is 9.02. The molecule has 3 N–H and O–H groups in total. The number of aryl methyl sites for hydroxylation is 1. The van der Waals surface area contributed by atoms with E-state index in [1.165, 1.54) is 30.4 Å². The zero-order valence-electron chi connectivity index (χ0n) is 22.5. The van der Waals surface area contributed by atoms with Gasteiger partial charge in [-0.15, -0.1) is 0 Å². The van der Waals surface area contributed by atoms with Crippen LogP contribution in [0.2, 0.25) is 0 Å². The molecular weight excluding hydrogens is 548 g/mol. The number of benzene rings is 2. The summed E-state index contributed by atoms with van der Waals surface area (Å²) in [6.07, 6.45) is 1.11. The number of hydrogen-bond acceptors (Lipinski definition) is 11. The molecule has 1 fully saturated rings. The molecule has 0 amide bonds. The first-order valence-corrected chi connectivity index (χ1v) is 13.4. The largest absolute Gasteiger partial charge is 0.507 e. The van der Waals surface area contributed by atoms with Crippen molar-refractivity contribution in [3.63, 3.8) is 0 Å². The quantitative estimate of drug-likeness (QED) is 0.357. The first kappa shape index (κ1) is 26.0. The van der Waals surface area contributed by atoms with Gasteiger partial charge in [0.25, 0.3) is 0 Å². The Hall–Kier alpha value is -4.93. The SMILES string of the molecule is COC(=O)[C@]1([C@@H]2CCC(=O)O2)CC(=O)c2c(O)cc3c(c2O1)[C@@H]1C=C[C@@]2(C3)C(=O)c3cc(C)cc(O)c3C(O)=C2C1=O. The number of aliphatic hydroxyl groups excluding tert-OH is 1. The number of hydrogen-bond donors (Lipinski definition) is 3. The molecule has 0 saturated carbocycles. The first-order valence-electron chi connectivity index (χ1n) is 13.4. The van der Waals surface area contributed by atoms with Crippen molar-refractivity contribution in [2.45, 2.75) is 50.2 Å². The highest BCUT2D eigenvalue weighted by molar-refractivity contribution is 6.23. The lowest BCUT2D eigenvalue weighted by atomic mass is 9.62. The highest BCUT2D eigenvalue weighted by Gasteiger charge is 2.61. The number of allylic oxidation sites excluding steroid dienone is 3. The van der Waals surface area contributed by atoms with Crippen molar-refractivity contribution in [2.75, 3.05) is 7.11 Å². The predicted molar refractivity (Wildman–Crippen MR) is 141 cm³/mol. The fourth-order valence-electron chi connectivity index (χ4n) is 7.21. The van der Waals surface area contributed by atoms with Crippen molar-refractivity contribution in [1.82, 2.24) is 0 Å². The molecule has 2 aromatic rings. The lowest BCUT2D eigenvalue weighted by Crippen LogP contribution is -2.58. The molecule has 1 saturated heterocycles. The van der Waals surface area contributed by atoms with E-state index >= 15 is 0 Å². The number of aliphatic hydroxyl groups is 1. The predicted octanol–water partition coefficient (Wildman–Crippen LogP) is 2.92. The minimum atomic E-state index is -2.08. The van der Waals surface area contributed by atoms with Crippen LogP contribution in [0.3, 0.4) is 0 Å². The van der Waals surface area contributed by atoms with Crippen LogP contribution in [0.15, 0.2) is 35.9 Å². The summed E-state index contributed by atoms with van der Waals surface area (Å²) in [5.74, 6) is -6.25. The van der Waals surface area contributed by atoms with Gasteiger partial charge in [-0.3, -0.25) is 19.2 Å². The Labute approximate surface area is 238 Å². The normalized spacial score (nSPS) is 28.8. The van der Waals surface area contributed by atoms with Gasteiger partial charge in [-0.2, -0.15) is 0 Å². The molecule has 11 nitrogen and oxygen atoms in total. The summed E-state index contributed by atoms with van der Waals surface area (Å²) in [6, 6.07) is 4.19. The van der Waals surface area contributed by atoms with Crippen LogP contribution in [-0.2, 0) is 30.3 Å². The van der Waals surface area contributed by atoms with Crippen LogP contribution in [0.5, 0.6) is 17.2 Å². The Kier molecular flexibility index (Phi) is 5.14. The standard InChI is InChI=1S/C31H24O11/c1-12-7-15-22(16(32)8-12)26(37)24-25(36)14-5-6-30(24,28(15)38)10-13-9-17(33)23-18(34)11-31(29(39)40-2,42-27(23)21(13)14)19-3-4-20(35)41-19/h5-9,14,19,32-33,37H,3-4,10-11H2,1-2H3/t14-,19-,30-,31+/m0/s1. The van der Waals surface area contributed by atoms with Gasteiger partial charge in [0.2, 0.25) is 5.60 Å². The van der Waals surface area contributed by atoms with Crippen molar-refractivity contribution >= 4 is 35.0 Å². The van der Waals surface area contributed by atoms with E-state index in [2.05, 4.69) is 0 Å². The third-order valence-corrected chi connectivity index (χ3v) is 9.02. The molecule has 214 valence electrons. The molecule has 2 bridgehead atoms. The molecule has 0 aromatic heterocycles. The summed E-state index contributed by atoms with van der Waals surface area (Å²) in [4.78, 5) is 67.1. The lowest BCUT2D eigenvalue weighted by Gasteiger charge is -2.40. The monoisotopic (exact) mass is 572 g/mol. The maximum atomic E-state index is 14.2. The number of rotatable bonds is 2.